The van der Waals surface area contributed by atoms with Crippen molar-refractivity contribution >= 4 is 11.7 Å². The van der Waals surface area contributed by atoms with Gasteiger partial charge in [-0.05, 0) is 60.9 Å². The molecular formula is C33H33NO4. The number of anilines is 1. The van der Waals surface area contributed by atoms with Crippen LogP contribution in [-0.2, 0) is 17.8 Å². The van der Waals surface area contributed by atoms with Gasteiger partial charge in [0.25, 0.3) is 0 Å². The fourth-order valence-electron chi connectivity index (χ4n) is 4.59. The highest BCUT2D eigenvalue weighted by atomic mass is 16.5. The maximum absolute atomic E-state index is 12.5. The van der Waals surface area contributed by atoms with Crippen LogP contribution >= 0.6 is 0 Å². The molecule has 1 aliphatic rings. The normalized spacial score (nSPS) is 15.2. The Bertz CT molecular complexity index is 1340. The lowest BCUT2D eigenvalue weighted by Crippen LogP contribution is -2.42. The van der Waals surface area contributed by atoms with E-state index in [4.69, 9.17) is 14.2 Å². The molecule has 0 bridgehead atoms. The van der Waals surface area contributed by atoms with E-state index in [0.29, 0.717) is 18.8 Å². The van der Waals surface area contributed by atoms with Gasteiger partial charge in [0.1, 0.15) is 23.9 Å². The second-order valence-corrected chi connectivity index (χ2v) is 9.87. The molecule has 2 atom stereocenters. The maximum atomic E-state index is 12.5. The first-order chi connectivity index (χ1) is 18.5. The number of carbonyl (C=O) groups is 1. The molecule has 1 heterocycles. The summed E-state index contributed by atoms with van der Waals surface area (Å²) in [7, 11) is 0. The summed E-state index contributed by atoms with van der Waals surface area (Å²) >= 11 is 0. The summed E-state index contributed by atoms with van der Waals surface area (Å²) in [5.74, 6) is 1.75. The van der Waals surface area contributed by atoms with Crippen LogP contribution in [0.4, 0.5) is 5.69 Å². The van der Waals surface area contributed by atoms with E-state index >= 15 is 0 Å². The zero-order valence-corrected chi connectivity index (χ0v) is 21.9. The van der Waals surface area contributed by atoms with Gasteiger partial charge >= 0.3 is 5.97 Å². The molecule has 5 nitrogen and oxygen atoms in total. The molecule has 0 spiro atoms. The Balaban J connectivity index is 1.15. The van der Waals surface area contributed by atoms with Gasteiger partial charge in [-0.3, -0.25) is 4.79 Å². The van der Waals surface area contributed by atoms with Crippen LogP contribution in [0.5, 0.6) is 17.2 Å². The van der Waals surface area contributed by atoms with Crippen molar-refractivity contribution in [3.8, 4) is 17.2 Å². The van der Waals surface area contributed by atoms with Crippen LogP contribution in [0, 0.1) is 12.8 Å². The minimum atomic E-state index is -0.255. The van der Waals surface area contributed by atoms with Crippen LogP contribution in [-0.4, -0.2) is 25.2 Å². The number of nitrogens with zero attached hydrogens (tertiary/aromatic N) is 1. The van der Waals surface area contributed by atoms with Crippen molar-refractivity contribution in [2.24, 2.45) is 5.92 Å². The van der Waals surface area contributed by atoms with Crippen LogP contribution in [0.15, 0.2) is 103 Å². The summed E-state index contributed by atoms with van der Waals surface area (Å²) in [6, 6.07) is 34.0. The lowest BCUT2D eigenvalue weighted by molar-refractivity contribution is -0.138. The molecule has 0 saturated heterocycles. The monoisotopic (exact) mass is 507 g/mol. The second-order valence-electron chi connectivity index (χ2n) is 9.87. The SMILES string of the molecule is Cc1ccc(OC(=O)C(C)Cc2ccc(OCC3CN(Cc4ccccc4)c4ccccc4O3)cc2)cc1. The summed E-state index contributed by atoms with van der Waals surface area (Å²) < 4.78 is 17.9. The largest absolute Gasteiger partial charge is 0.490 e. The molecule has 1 aliphatic heterocycles. The van der Waals surface area contributed by atoms with Crippen molar-refractivity contribution in [2.75, 3.05) is 18.1 Å². The molecule has 0 N–H and O–H groups in total. The van der Waals surface area contributed by atoms with Crippen molar-refractivity contribution in [1.29, 1.82) is 0 Å². The van der Waals surface area contributed by atoms with Gasteiger partial charge in [-0.15, -0.1) is 0 Å². The molecule has 2 unspecified atom stereocenters. The van der Waals surface area contributed by atoms with Gasteiger partial charge in [0, 0.05) is 6.54 Å². The fraction of sp³-hybridized carbons (Fsp3) is 0.242. The Kier molecular flexibility index (Phi) is 7.93. The van der Waals surface area contributed by atoms with Crippen molar-refractivity contribution in [3.05, 3.63) is 120 Å². The highest BCUT2D eigenvalue weighted by molar-refractivity contribution is 5.75. The molecule has 4 aromatic carbocycles. The van der Waals surface area contributed by atoms with Crippen molar-refractivity contribution in [1.82, 2.24) is 0 Å². The van der Waals surface area contributed by atoms with Crippen molar-refractivity contribution < 1.29 is 19.0 Å². The van der Waals surface area contributed by atoms with E-state index in [-0.39, 0.29) is 18.0 Å². The van der Waals surface area contributed by atoms with Gasteiger partial charge in [-0.1, -0.05) is 79.2 Å². The standard InChI is InChI=1S/C33H33NO4/c1-24-12-16-29(17-13-24)38-33(35)25(2)20-26-14-18-28(19-15-26)36-23-30-22-34(21-27-8-4-3-5-9-27)31-10-6-7-11-32(31)37-30/h3-19,25,30H,20-23H2,1-2H3. The topological polar surface area (TPSA) is 48.0 Å². The fourth-order valence-corrected chi connectivity index (χ4v) is 4.59. The second kappa shape index (κ2) is 11.9. The number of benzene rings is 4. The number of esters is 1. The van der Waals surface area contributed by atoms with Gasteiger partial charge in [-0.2, -0.15) is 0 Å². The lowest BCUT2D eigenvalue weighted by atomic mass is 10.0. The first kappa shape index (κ1) is 25.4. The molecule has 0 aliphatic carbocycles. The number of rotatable bonds is 9. The number of para-hydroxylation sites is 2. The minimum Gasteiger partial charge on any atom is -0.490 e. The Hall–Kier alpha value is -4.25. The molecule has 0 aromatic heterocycles. The van der Waals surface area contributed by atoms with Gasteiger partial charge < -0.3 is 19.1 Å². The smallest absolute Gasteiger partial charge is 0.314 e. The molecule has 38 heavy (non-hydrogen) atoms. The number of hydrogen-bond donors (Lipinski definition) is 0. The first-order valence-corrected chi connectivity index (χ1v) is 13.1. The van der Waals surface area contributed by atoms with Crippen molar-refractivity contribution in [3.63, 3.8) is 0 Å². The van der Waals surface area contributed by atoms with Gasteiger partial charge in [0.2, 0.25) is 0 Å². The number of fused-ring (bicyclic) bond motifs is 1. The van der Waals surface area contributed by atoms with E-state index < -0.39 is 0 Å². The Morgan fingerprint density at radius 1 is 0.868 bits per heavy atom. The highest BCUT2D eigenvalue weighted by Gasteiger charge is 2.26. The Labute approximate surface area is 224 Å². The molecular weight excluding hydrogens is 474 g/mol. The number of carbonyl (C=O) groups excluding carboxylic acids is 1. The molecule has 5 rings (SSSR count). The summed E-state index contributed by atoms with van der Waals surface area (Å²) in [6.07, 6.45) is 0.506. The average molecular weight is 508 g/mol. The van der Waals surface area contributed by atoms with Crippen LogP contribution in [0.3, 0.4) is 0 Å². The summed E-state index contributed by atoms with van der Waals surface area (Å²) in [5.41, 5.74) is 4.55. The van der Waals surface area contributed by atoms with E-state index in [1.54, 1.807) is 0 Å². The molecule has 0 radical (unpaired) electrons. The number of hydrogen-bond acceptors (Lipinski definition) is 5. The van der Waals surface area contributed by atoms with Crippen LogP contribution in [0.25, 0.3) is 0 Å². The van der Waals surface area contributed by atoms with E-state index in [1.165, 1.54) is 5.56 Å². The molecule has 194 valence electrons. The third-order valence-corrected chi connectivity index (χ3v) is 6.68. The zero-order chi connectivity index (χ0) is 26.3. The number of aryl methyl sites for hydroxylation is 1. The van der Waals surface area contributed by atoms with Gasteiger partial charge in [-0.25, -0.2) is 0 Å². The third kappa shape index (κ3) is 6.54. The van der Waals surface area contributed by atoms with E-state index in [1.807, 2.05) is 86.6 Å². The van der Waals surface area contributed by atoms with Gasteiger partial charge in [0.15, 0.2) is 6.10 Å². The molecule has 0 fully saturated rings. The summed E-state index contributed by atoms with van der Waals surface area (Å²) in [6.45, 7) is 5.89. The molecule has 0 amide bonds. The van der Waals surface area contributed by atoms with E-state index in [0.717, 1.165) is 41.4 Å². The van der Waals surface area contributed by atoms with Crippen LogP contribution in [0.2, 0.25) is 0 Å². The summed E-state index contributed by atoms with van der Waals surface area (Å²) in [5, 5.41) is 0. The van der Waals surface area contributed by atoms with Crippen molar-refractivity contribution in [2.45, 2.75) is 32.9 Å². The first-order valence-electron chi connectivity index (χ1n) is 13.1. The van der Waals surface area contributed by atoms with E-state index in [2.05, 4.69) is 35.2 Å². The summed E-state index contributed by atoms with van der Waals surface area (Å²) in [4.78, 5) is 14.9. The van der Waals surface area contributed by atoms with E-state index in [9.17, 15) is 4.79 Å². The van der Waals surface area contributed by atoms with Crippen LogP contribution in [0.1, 0.15) is 23.6 Å². The molecule has 5 heteroatoms. The zero-order valence-electron chi connectivity index (χ0n) is 21.9. The average Bonchev–Trinajstić information content (AvgIpc) is 2.94. The maximum Gasteiger partial charge on any atom is 0.314 e. The molecule has 4 aromatic rings. The minimum absolute atomic E-state index is 0.0927. The predicted molar refractivity (Wildman–Crippen MR) is 150 cm³/mol. The quantitative estimate of drug-likeness (QED) is 0.188. The number of ether oxygens (including phenoxy) is 3. The van der Waals surface area contributed by atoms with Gasteiger partial charge in [0.05, 0.1) is 18.2 Å². The predicted octanol–water partition coefficient (Wildman–Crippen LogP) is 6.63. The third-order valence-electron chi connectivity index (χ3n) is 6.68. The molecule has 0 saturated carbocycles. The highest BCUT2D eigenvalue weighted by Crippen LogP contribution is 2.34. The Morgan fingerprint density at radius 2 is 1.55 bits per heavy atom. The Morgan fingerprint density at radius 3 is 2.32 bits per heavy atom. The lowest BCUT2D eigenvalue weighted by Gasteiger charge is -2.36. The van der Waals surface area contributed by atoms with Crippen LogP contribution < -0.4 is 19.1 Å².